The van der Waals surface area contributed by atoms with Crippen molar-refractivity contribution < 1.29 is 54.5 Å². The molecule has 13 heteroatoms. The molecule has 222 valence electrons. The lowest BCUT2D eigenvalue weighted by Gasteiger charge is -2.28. The van der Waals surface area contributed by atoms with Crippen molar-refractivity contribution in [3.63, 3.8) is 0 Å². The first-order chi connectivity index (χ1) is 17.7. The van der Waals surface area contributed by atoms with E-state index in [1.807, 2.05) is 0 Å². The maximum atomic E-state index is 12.8. The fourth-order valence-electron chi connectivity index (χ4n) is 4.43. The lowest BCUT2D eigenvalue weighted by molar-refractivity contribution is -0.163. The molecular weight excluding hydrogens is 543 g/mol. The van der Waals surface area contributed by atoms with Crippen LogP contribution in [0.2, 0.25) is 0 Å². The second-order valence-electron chi connectivity index (χ2n) is 12.8. The molecule has 0 radical (unpaired) electrons. The second kappa shape index (κ2) is 13.5. The van der Waals surface area contributed by atoms with E-state index in [0.29, 0.717) is 0 Å². The quantitative estimate of drug-likeness (QED) is 0.186. The molecule has 0 bridgehead atoms. The summed E-state index contributed by atoms with van der Waals surface area (Å²) < 4.78 is 14.6. The lowest BCUT2D eigenvalue weighted by atomic mass is 9.76. The van der Waals surface area contributed by atoms with E-state index < -0.39 is 102 Å². The average Bonchev–Trinajstić information content (AvgIpc) is 2.69. The predicted octanol–water partition coefficient (Wildman–Crippen LogP) is 2.06. The molecule has 0 N–H and O–H groups in total. The molecule has 3 atom stereocenters. The Morgan fingerprint density at radius 2 is 0.600 bits per heavy atom. The van der Waals surface area contributed by atoms with Gasteiger partial charge in [-0.25, -0.2) is 14.4 Å². The lowest BCUT2D eigenvalue weighted by Crippen LogP contribution is -2.47. The summed E-state index contributed by atoms with van der Waals surface area (Å²) in [5.41, 5.74) is -3.08. The first-order valence-corrected chi connectivity index (χ1v) is 13.9. The van der Waals surface area contributed by atoms with Crippen molar-refractivity contribution >= 4 is 67.8 Å². The Bertz CT molecular complexity index is 960. The van der Waals surface area contributed by atoms with Gasteiger partial charge in [0.25, 0.3) is 0 Å². The van der Waals surface area contributed by atoms with Crippen molar-refractivity contribution in [2.45, 2.75) is 83.1 Å². The highest BCUT2D eigenvalue weighted by Crippen LogP contribution is 2.30. The number of ketones is 6. The van der Waals surface area contributed by atoms with E-state index in [9.17, 15) is 43.2 Å². The molecule has 3 unspecified atom stereocenters. The molecule has 0 aromatic heterocycles. The van der Waals surface area contributed by atoms with Gasteiger partial charge in [0.1, 0.15) is 17.3 Å². The Kier molecular flexibility index (Phi) is 12.5. The zero-order valence-corrected chi connectivity index (χ0v) is 26.4. The van der Waals surface area contributed by atoms with Crippen LogP contribution in [0.4, 0.5) is 0 Å². The number of carbonyl (C=O) groups excluding carboxylic acids is 9. The second-order valence-corrected chi connectivity index (χ2v) is 14.1. The molecule has 40 heavy (non-hydrogen) atoms. The van der Waals surface area contributed by atoms with Gasteiger partial charge in [-0.15, -0.1) is 0 Å². The number of carbonyl (C=O) groups is 9. The highest BCUT2D eigenvalue weighted by Gasteiger charge is 2.55. The summed E-state index contributed by atoms with van der Waals surface area (Å²) in [6.07, 6.45) is 0. The fraction of sp³-hybridized carbons (Fsp3) is 0.667. The Hall–Kier alpha value is -3.04. The van der Waals surface area contributed by atoms with Crippen molar-refractivity contribution in [3.05, 3.63) is 0 Å². The van der Waals surface area contributed by atoms with Crippen LogP contribution in [0, 0.1) is 34.0 Å². The molecule has 0 heterocycles. The van der Waals surface area contributed by atoms with Gasteiger partial charge in [0.15, 0.2) is 0 Å². The zero-order chi connectivity index (χ0) is 32.1. The molecule has 12 nitrogen and oxygen atoms in total. The van der Waals surface area contributed by atoms with Gasteiger partial charge in [-0.1, -0.05) is 62.3 Å². The third-order valence-corrected chi connectivity index (χ3v) is 7.04. The van der Waals surface area contributed by atoms with Crippen LogP contribution in [0.15, 0.2) is 0 Å². The van der Waals surface area contributed by atoms with Crippen molar-refractivity contribution in [1.29, 1.82) is 0 Å². The van der Waals surface area contributed by atoms with E-state index in [-0.39, 0.29) is 0 Å². The van der Waals surface area contributed by atoms with Crippen molar-refractivity contribution in [1.82, 2.24) is 0 Å². The Balaban J connectivity index is 6.39. The molecule has 0 spiro atoms. The minimum absolute atomic E-state index is 0.670. The van der Waals surface area contributed by atoms with E-state index in [2.05, 4.69) is 0 Å². The molecule has 0 saturated heterocycles. The van der Waals surface area contributed by atoms with Gasteiger partial charge in [-0.3, -0.25) is 28.8 Å². The maximum Gasteiger partial charge on any atom is 1.20 e. The Morgan fingerprint density at radius 1 is 0.425 bits per heavy atom. The molecule has 0 saturated carbocycles. The van der Waals surface area contributed by atoms with Gasteiger partial charge in [0, 0.05) is 0 Å². The van der Waals surface area contributed by atoms with Crippen LogP contribution in [-0.2, 0) is 54.5 Å². The van der Waals surface area contributed by atoms with E-state index in [1.54, 1.807) is 0 Å². The predicted molar refractivity (Wildman–Crippen MR) is 140 cm³/mol. The van der Waals surface area contributed by atoms with E-state index >= 15 is 0 Å². The third kappa shape index (κ3) is 10.2. The zero-order valence-electron chi connectivity index (χ0n) is 25.2. The minimum Gasteiger partial charge on any atom is -0.545 e. The van der Waals surface area contributed by atoms with Crippen LogP contribution in [0.1, 0.15) is 83.1 Å². The van der Waals surface area contributed by atoms with Crippen LogP contribution < -0.4 is 0 Å². The van der Waals surface area contributed by atoms with Gasteiger partial charge in [0.05, 0.1) is 17.8 Å². The summed E-state index contributed by atoms with van der Waals surface area (Å²) in [6.45, 7) is 16.9. The molecule has 0 rings (SSSR count). The van der Waals surface area contributed by atoms with Gasteiger partial charge in [-0.05, 0) is 37.0 Å². The van der Waals surface area contributed by atoms with Crippen LogP contribution in [0.3, 0.4) is 0 Å². The summed E-state index contributed by atoms with van der Waals surface area (Å²) in [5.74, 6) is -15.6. The maximum absolute atomic E-state index is 12.8. The molecule has 0 amide bonds. The SMILES string of the molecule is CC(=O)C(C(=O)C(=O)[O][Al]([O]C(=O)C(=O)C(C(C)=O)C(C)(C)C)[O]C(=O)C(=O)C(C(C)=O)C(C)(C)C)C(C)(C)C. The Labute approximate surface area is 239 Å². The minimum atomic E-state index is -4.50. The van der Waals surface area contributed by atoms with Crippen LogP contribution in [-0.4, -0.2) is 67.8 Å². The monoisotopic (exact) mass is 582 g/mol. The molecule has 0 fully saturated rings. The topological polar surface area (TPSA) is 181 Å². The van der Waals surface area contributed by atoms with E-state index in [0.717, 1.165) is 20.8 Å². The van der Waals surface area contributed by atoms with Gasteiger partial charge < -0.3 is 11.4 Å². The highest BCUT2D eigenvalue weighted by molar-refractivity contribution is 6.56. The largest absolute Gasteiger partial charge is 1.20 e. The molecule has 0 aromatic rings. The van der Waals surface area contributed by atoms with Crippen LogP contribution in [0.25, 0.3) is 0 Å². The molecule has 0 aliphatic rings. The number of hydrogen-bond acceptors (Lipinski definition) is 12. The number of Topliss-reactive ketones (excluding diaryl/α,β-unsaturated/α-hetero) is 6. The summed E-state index contributed by atoms with van der Waals surface area (Å²) in [4.78, 5) is 113. The first kappa shape index (κ1) is 37.0. The molecular formula is C27H39AlO12. The van der Waals surface area contributed by atoms with E-state index in [4.69, 9.17) is 11.4 Å². The summed E-state index contributed by atoms with van der Waals surface area (Å²) in [5, 5.41) is 0. The molecule has 0 aliphatic carbocycles. The summed E-state index contributed by atoms with van der Waals surface area (Å²) in [6, 6.07) is 0. The highest BCUT2D eigenvalue weighted by atomic mass is 27.3. The van der Waals surface area contributed by atoms with E-state index in [1.165, 1.54) is 62.3 Å². The van der Waals surface area contributed by atoms with Crippen LogP contribution >= 0.6 is 0 Å². The summed E-state index contributed by atoms with van der Waals surface area (Å²) >= 11 is -4.50. The van der Waals surface area contributed by atoms with Gasteiger partial charge in [-0.2, -0.15) is 0 Å². The smallest absolute Gasteiger partial charge is 0.545 e. The van der Waals surface area contributed by atoms with Crippen molar-refractivity contribution in [3.8, 4) is 0 Å². The Morgan fingerprint density at radius 3 is 0.725 bits per heavy atom. The number of hydrogen-bond donors (Lipinski definition) is 0. The molecule has 0 aliphatic heterocycles. The average molecular weight is 583 g/mol. The van der Waals surface area contributed by atoms with Gasteiger partial charge in [0.2, 0.25) is 17.3 Å². The van der Waals surface area contributed by atoms with Crippen molar-refractivity contribution in [2.24, 2.45) is 34.0 Å². The van der Waals surface area contributed by atoms with Gasteiger partial charge >= 0.3 is 33.1 Å². The van der Waals surface area contributed by atoms with Crippen LogP contribution in [0.5, 0.6) is 0 Å². The third-order valence-electron chi connectivity index (χ3n) is 5.82. The fourth-order valence-corrected chi connectivity index (χ4v) is 5.44. The van der Waals surface area contributed by atoms with Crippen molar-refractivity contribution in [2.75, 3.05) is 0 Å². The summed E-state index contributed by atoms with van der Waals surface area (Å²) in [7, 11) is 0. The normalized spacial score (nSPS) is 14.1. The molecule has 0 aromatic carbocycles. The number of rotatable bonds is 12. The standard InChI is InChI=1S/3C9H14O4.Al/c3*1-5(10)6(9(2,3)4)7(11)8(12)13;/h3*6H,1-4H3,(H,12,13);/q;;;+3/p-3. The first-order valence-electron chi connectivity index (χ1n) is 12.5.